The summed E-state index contributed by atoms with van der Waals surface area (Å²) in [6.45, 7) is 28.8. The number of aryl methyl sites for hydroxylation is 1. The molecule has 4 aromatic rings. The highest BCUT2D eigenvalue weighted by Gasteiger charge is 2.40. The van der Waals surface area contributed by atoms with Gasteiger partial charge in [0.05, 0.1) is 0 Å². The summed E-state index contributed by atoms with van der Waals surface area (Å²) in [5.74, 6) is 2.12. The molecule has 59 heavy (non-hydrogen) atoms. The van der Waals surface area contributed by atoms with Gasteiger partial charge < -0.3 is 23.5 Å². The van der Waals surface area contributed by atoms with Crippen LogP contribution in [0.5, 0.6) is 0 Å². The minimum Gasteiger partial charge on any atom is -0.361 e. The summed E-state index contributed by atoms with van der Waals surface area (Å²) in [4.78, 5) is 31.8. The zero-order valence-electron chi connectivity index (χ0n) is 37.5. The van der Waals surface area contributed by atoms with E-state index in [1.807, 2.05) is 41.0 Å². The quantitative estimate of drug-likeness (QED) is 0.0577. The maximum atomic E-state index is 13.3. The molecule has 0 radical (unpaired) electrons. The van der Waals surface area contributed by atoms with Crippen LogP contribution in [0.3, 0.4) is 0 Å². The molecule has 13 heteroatoms. The van der Waals surface area contributed by atoms with Crippen LogP contribution in [0.25, 0.3) is 0 Å². The van der Waals surface area contributed by atoms with Gasteiger partial charge in [-0.1, -0.05) is 63.5 Å². The summed E-state index contributed by atoms with van der Waals surface area (Å²) in [6.07, 6.45) is 13.1. The molecule has 1 amide bonds. The highest BCUT2D eigenvalue weighted by molar-refractivity contribution is 7.10. The molecule has 0 unspecified atom stereocenters. The predicted molar refractivity (Wildman–Crippen MR) is 247 cm³/mol. The molecule has 0 N–H and O–H groups in total. The van der Waals surface area contributed by atoms with E-state index in [0.29, 0.717) is 44.8 Å². The lowest BCUT2D eigenvalue weighted by molar-refractivity contribution is -0.130. The van der Waals surface area contributed by atoms with Gasteiger partial charge in [0.2, 0.25) is 5.91 Å². The third kappa shape index (κ3) is 14.3. The van der Waals surface area contributed by atoms with Gasteiger partial charge in [-0.05, 0) is 97.4 Å². The summed E-state index contributed by atoms with van der Waals surface area (Å²) < 4.78 is 16.5. The second kappa shape index (κ2) is 20.8. The Morgan fingerprint density at radius 1 is 0.797 bits per heavy atom. The van der Waals surface area contributed by atoms with Gasteiger partial charge in [-0.3, -0.25) is 14.6 Å². The number of imidazole rings is 2. The van der Waals surface area contributed by atoms with Gasteiger partial charge >= 0.3 is 0 Å². The number of likely N-dealkylation sites (tertiary alicyclic amines) is 2. The maximum absolute atomic E-state index is 13.3. The van der Waals surface area contributed by atoms with E-state index in [-0.39, 0.29) is 11.8 Å². The molecule has 1 spiro atoms. The summed E-state index contributed by atoms with van der Waals surface area (Å²) in [6, 6.07) is 13.5. The van der Waals surface area contributed by atoms with Crippen molar-refractivity contribution in [1.29, 1.82) is 0 Å². The standard InChI is InChI=1S/C46H73N7O3SSi2/c1-38-13-26-57-43(38)34-49-19-14-46(15-20-49)16-21-50(35-46)31-40-9-11-41(12-10-40)32-53(39(2)54)33-42(29-44-47-17-22-51(44)36-55-24-27-58(3,4)5)30-45-48-18-23-52(45)37-56-25-28-59(6,7)8/h9-13,17-18,22-23,26,42H,14-16,19-21,24-25,27-37H2,1-8H3. The first kappa shape index (κ1) is 45.6. The van der Waals surface area contributed by atoms with Crippen LogP contribution >= 0.6 is 11.3 Å². The smallest absolute Gasteiger partial charge is 0.219 e. The van der Waals surface area contributed by atoms with Crippen molar-refractivity contribution in [3.63, 3.8) is 0 Å². The van der Waals surface area contributed by atoms with E-state index in [0.717, 1.165) is 55.6 Å². The van der Waals surface area contributed by atoms with E-state index in [4.69, 9.17) is 19.4 Å². The SMILES string of the molecule is CC(=O)N(Cc1ccc(CN2CCC3(CCN(Cc4sccc4C)CC3)C2)cc1)CC(Cc1nccn1COCC[Si](C)(C)C)Cc1nccn1COCC[Si](C)(C)C. The number of amides is 1. The summed E-state index contributed by atoms with van der Waals surface area (Å²) in [5, 5.41) is 2.23. The summed E-state index contributed by atoms with van der Waals surface area (Å²) in [7, 11) is -2.37. The molecule has 2 aliphatic rings. The van der Waals surface area contributed by atoms with Crippen LogP contribution in [0, 0.1) is 18.3 Å². The van der Waals surface area contributed by atoms with Crippen molar-refractivity contribution in [2.45, 2.75) is 130 Å². The fraction of sp³-hybridized carbons (Fsp3) is 0.630. The van der Waals surface area contributed by atoms with Gasteiger partial charge in [-0.15, -0.1) is 11.3 Å². The van der Waals surface area contributed by atoms with E-state index < -0.39 is 16.1 Å². The Bertz CT molecular complexity index is 1830. The first-order valence-corrected chi connectivity index (χ1v) is 30.4. The molecular weight excluding hydrogens is 787 g/mol. The van der Waals surface area contributed by atoms with Gasteiger partial charge in [-0.2, -0.15) is 0 Å². The first-order valence-electron chi connectivity index (χ1n) is 22.1. The van der Waals surface area contributed by atoms with Crippen molar-refractivity contribution in [3.05, 3.63) is 93.7 Å². The topological polar surface area (TPSA) is 80.9 Å². The number of hydrogen-bond acceptors (Lipinski definition) is 8. The normalized spacial score (nSPS) is 16.5. The lowest BCUT2D eigenvalue weighted by atomic mass is 9.78. The molecule has 0 saturated carbocycles. The van der Waals surface area contributed by atoms with E-state index in [1.165, 1.54) is 61.4 Å². The Hall–Kier alpha value is -2.92. The molecular formula is C46H73N7O3SSi2. The molecule has 2 fully saturated rings. The van der Waals surface area contributed by atoms with Crippen LogP contribution < -0.4 is 0 Å². The Morgan fingerprint density at radius 2 is 1.34 bits per heavy atom. The van der Waals surface area contributed by atoms with Crippen LogP contribution in [0.2, 0.25) is 51.4 Å². The second-order valence-electron chi connectivity index (χ2n) is 20.1. The lowest BCUT2D eigenvalue weighted by Crippen LogP contribution is -2.41. The number of carbonyl (C=O) groups excluding carboxylic acids is 1. The predicted octanol–water partition coefficient (Wildman–Crippen LogP) is 9.01. The van der Waals surface area contributed by atoms with Crippen molar-refractivity contribution in [1.82, 2.24) is 33.8 Å². The Labute approximate surface area is 361 Å². The zero-order chi connectivity index (χ0) is 42.0. The van der Waals surface area contributed by atoms with Crippen molar-refractivity contribution in [3.8, 4) is 0 Å². The minimum atomic E-state index is -1.18. The van der Waals surface area contributed by atoms with E-state index in [2.05, 4.69) is 101 Å². The molecule has 3 aromatic heterocycles. The van der Waals surface area contributed by atoms with Crippen LogP contribution in [0.1, 0.15) is 59.4 Å². The zero-order valence-corrected chi connectivity index (χ0v) is 40.4. The molecule has 0 atom stereocenters. The third-order valence-electron chi connectivity index (χ3n) is 12.5. The monoisotopic (exact) mass is 860 g/mol. The van der Waals surface area contributed by atoms with E-state index >= 15 is 0 Å². The fourth-order valence-corrected chi connectivity index (χ4v) is 10.9. The molecule has 0 bridgehead atoms. The number of aromatic nitrogens is 4. The van der Waals surface area contributed by atoms with Crippen molar-refractivity contribution >= 4 is 33.4 Å². The molecule has 0 aliphatic carbocycles. The highest BCUT2D eigenvalue weighted by Crippen LogP contribution is 2.41. The van der Waals surface area contributed by atoms with Crippen LogP contribution in [-0.4, -0.2) is 102 Å². The van der Waals surface area contributed by atoms with Gasteiger partial charge in [0, 0.05) is 112 Å². The first-order chi connectivity index (χ1) is 28.1. The van der Waals surface area contributed by atoms with Crippen molar-refractivity contribution in [2.24, 2.45) is 11.3 Å². The number of carbonyl (C=O) groups is 1. The van der Waals surface area contributed by atoms with Crippen molar-refractivity contribution < 1.29 is 14.3 Å². The number of benzene rings is 1. The lowest BCUT2D eigenvalue weighted by Gasteiger charge is -2.39. The molecule has 1 aromatic carbocycles. The van der Waals surface area contributed by atoms with Gasteiger partial charge in [-0.25, -0.2) is 9.97 Å². The van der Waals surface area contributed by atoms with Crippen LogP contribution in [0.4, 0.5) is 0 Å². The summed E-state index contributed by atoms with van der Waals surface area (Å²) in [5.41, 5.74) is 4.41. The Morgan fingerprint density at radius 3 is 1.85 bits per heavy atom. The molecule has 324 valence electrons. The Balaban J connectivity index is 1.06. The molecule has 5 heterocycles. The van der Waals surface area contributed by atoms with Gasteiger partial charge in [0.25, 0.3) is 0 Å². The average Bonchev–Trinajstić information content (AvgIpc) is 3.99. The second-order valence-corrected chi connectivity index (χ2v) is 32.3. The van der Waals surface area contributed by atoms with Gasteiger partial charge in [0.15, 0.2) is 0 Å². The number of nitrogens with zero attached hydrogens (tertiary/aromatic N) is 7. The number of hydrogen-bond donors (Lipinski definition) is 0. The largest absolute Gasteiger partial charge is 0.361 e. The van der Waals surface area contributed by atoms with E-state index in [1.54, 1.807) is 6.92 Å². The number of rotatable bonds is 22. The van der Waals surface area contributed by atoms with E-state index in [9.17, 15) is 4.79 Å². The molecule has 10 nitrogen and oxygen atoms in total. The average molecular weight is 860 g/mol. The van der Waals surface area contributed by atoms with Crippen LogP contribution in [0.15, 0.2) is 60.5 Å². The van der Waals surface area contributed by atoms with Gasteiger partial charge in [0.1, 0.15) is 25.1 Å². The molecule has 6 rings (SSSR count). The number of ether oxygens (including phenoxy) is 2. The molecule has 2 saturated heterocycles. The maximum Gasteiger partial charge on any atom is 0.219 e. The molecule has 2 aliphatic heterocycles. The third-order valence-corrected chi connectivity index (χ3v) is 16.9. The minimum absolute atomic E-state index is 0.0778. The number of thiophene rings is 1. The Kier molecular flexibility index (Phi) is 16.1. The number of piperidine rings is 1. The van der Waals surface area contributed by atoms with Crippen molar-refractivity contribution in [2.75, 3.05) is 45.9 Å². The fourth-order valence-electron chi connectivity index (χ4n) is 8.47. The highest BCUT2D eigenvalue weighted by atomic mass is 32.1. The van der Waals surface area contributed by atoms with Crippen LogP contribution in [-0.2, 0) is 60.2 Å². The summed E-state index contributed by atoms with van der Waals surface area (Å²) >= 11 is 1.90.